The molecule has 0 aromatic heterocycles. The minimum atomic E-state index is -0.935. The van der Waals surface area contributed by atoms with Gasteiger partial charge >= 0.3 is 17.9 Å². The number of esters is 3. The molecule has 0 saturated carbocycles. The fourth-order valence-electron chi connectivity index (χ4n) is 1.49. The van der Waals surface area contributed by atoms with Crippen molar-refractivity contribution in [3.8, 4) is 0 Å². The lowest BCUT2D eigenvalue weighted by molar-refractivity contribution is -0.181. The Balaban J connectivity index is 3.74. The van der Waals surface area contributed by atoms with Crippen LogP contribution in [0.5, 0.6) is 0 Å². The van der Waals surface area contributed by atoms with Gasteiger partial charge in [0.1, 0.15) is 0 Å². The molecule has 0 saturated heterocycles. The summed E-state index contributed by atoms with van der Waals surface area (Å²) in [7, 11) is 0. The fourth-order valence-corrected chi connectivity index (χ4v) is 1.49. The Hall–Kier alpha value is -2.11. The van der Waals surface area contributed by atoms with Crippen LogP contribution in [-0.2, 0) is 28.6 Å². The summed E-state index contributed by atoms with van der Waals surface area (Å²) in [5.74, 6) is -1.55. The Morgan fingerprint density at radius 2 is 1.52 bits per heavy atom. The van der Waals surface area contributed by atoms with Crippen LogP contribution in [0.1, 0.15) is 39.5 Å². The molecule has 6 heteroatoms. The lowest BCUT2D eigenvalue weighted by atomic mass is 10.1. The van der Waals surface area contributed by atoms with Gasteiger partial charge in [0.15, 0.2) is 0 Å². The van der Waals surface area contributed by atoms with Crippen LogP contribution >= 0.6 is 0 Å². The van der Waals surface area contributed by atoms with E-state index in [-0.39, 0.29) is 12.5 Å². The Morgan fingerprint density at radius 1 is 0.952 bits per heavy atom. The van der Waals surface area contributed by atoms with E-state index in [0.29, 0.717) is 19.3 Å². The molecule has 0 heterocycles. The molecule has 0 rings (SSSR count). The molecule has 0 spiro atoms. The Kier molecular flexibility index (Phi) is 9.58. The van der Waals surface area contributed by atoms with Gasteiger partial charge in [0.2, 0.25) is 6.29 Å². The molecule has 6 nitrogen and oxygen atoms in total. The summed E-state index contributed by atoms with van der Waals surface area (Å²) < 4.78 is 14.6. The standard InChI is InChI=1S/C15H22O6/c1-5-13(16)19-11(3)9-7-8-10-15(18)21-12(4)20-14(17)6-2/h5-6,11-12H,1-2,7-10H2,3-4H3. The largest absolute Gasteiger partial charge is 0.460 e. The van der Waals surface area contributed by atoms with Crippen molar-refractivity contribution in [1.29, 1.82) is 0 Å². The zero-order chi connectivity index (χ0) is 16.3. The third-order valence-corrected chi connectivity index (χ3v) is 2.47. The third-order valence-electron chi connectivity index (χ3n) is 2.47. The maximum atomic E-state index is 11.5. The van der Waals surface area contributed by atoms with E-state index in [1.165, 1.54) is 6.92 Å². The first kappa shape index (κ1) is 18.9. The van der Waals surface area contributed by atoms with Gasteiger partial charge in [-0.25, -0.2) is 9.59 Å². The van der Waals surface area contributed by atoms with Crippen LogP contribution in [0.4, 0.5) is 0 Å². The molecule has 0 fully saturated rings. The summed E-state index contributed by atoms with van der Waals surface area (Å²) in [6.45, 7) is 9.78. The second-order valence-electron chi connectivity index (χ2n) is 4.40. The molecular formula is C15H22O6. The predicted molar refractivity (Wildman–Crippen MR) is 76.1 cm³/mol. The van der Waals surface area contributed by atoms with Crippen LogP contribution < -0.4 is 0 Å². The van der Waals surface area contributed by atoms with Crippen LogP contribution in [0.25, 0.3) is 0 Å². The van der Waals surface area contributed by atoms with Gasteiger partial charge in [-0.15, -0.1) is 0 Å². The van der Waals surface area contributed by atoms with Crippen molar-refractivity contribution in [1.82, 2.24) is 0 Å². The first-order valence-corrected chi connectivity index (χ1v) is 6.74. The van der Waals surface area contributed by atoms with Crippen LogP contribution in [-0.4, -0.2) is 30.3 Å². The second kappa shape index (κ2) is 10.7. The summed E-state index contributed by atoms with van der Waals surface area (Å²) in [6.07, 6.45) is 3.11. The lowest BCUT2D eigenvalue weighted by Gasteiger charge is -2.13. The van der Waals surface area contributed by atoms with Crippen molar-refractivity contribution in [2.24, 2.45) is 0 Å². The molecule has 0 aromatic carbocycles. The summed E-state index contributed by atoms with van der Waals surface area (Å²) in [4.78, 5) is 33.3. The van der Waals surface area contributed by atoms with Gasteiger partial charge < -0.3 is 14.2 Å². The highest BCUT2D eigenvalue weighted by Crippen LogP contribution is 2.08. The SMILES string of the molecule is C=CC(=O)OC(C)CCCCC(=O)OC(C)OC(=O)C=C. The molecule has 2 unspecified atom stereocenters. The number of ether oxygens (including phenoxy) is 3. The average Bonchev–Trinajstić information content (AvgIpc) is 2.42. The van der Waals surface area contributed by atoms with E-state index in [1.807, 2.05) is 0 Å². The molecule has 118 valence electrons. The highest BCUT2D eigenvalue weighted by atomic mass is 16.7. The highest BCUT2D eigenvalue weighted by Gasteiger charge is 2.12. The van der Waals surface area contributed by atoms with E-state index in [0.717, 1.165) is 12.2 Å². The van der Waals surface area contributed by atoms with Crippen molar-refractivity contribution in [3.05, 3.63) is 25.3 Å². The van der Waals surface area contributed by atoms with Crippen molar-refractivity contribution in [2.45, 2.75) is 51.9 Å². The van der Waals surface area contributed by atoms with Crippen molar-refractivity contribution in [2.75, 3.05) is 0 Å². The quantitative estimate of drug-likeness (QED) is 0.266. The van der Waals surface area contributed by atoms with E-state index >= 15 is 0 Å². The number of carbonyl (C=O) groups is 3. The topological polar surface area (TPSA) is 78.9 Å². The second-order valence-corrected chi connectivity index (χ2v) is 4.40. The molecule has 0 radical (unpaired) electrons. The van der Waals surface area contributed by atoms with Crippen molar-refractivity contribution >= 4 is 17.9 Å². The van der Waals surface area contributed by atoms with Gasteiger partial charge in [0.05, 0.1) is 6.10 Å². The zero-order valence-corrected chi connectivity index (χ0v) is 12.5. The highest BCUT2D eigenvalue weighted by molar-refractivity contribution is 5.81. The summed E-state index contributed by atoms with van der Waals surface area (Å²) in [5.41, 5.74) is 0. The monoisotopic (exact) mass is 298 g/mol. The van der Waals surface area contributed by atoms with Crippen LogP contribution in [0.3, 0.4) is 0 Å². The minimum Gasteiger partial charge on any atom is -0.460 e. The van der Waals surface area contributed by atoms with Gasteiger partial charge in [0.25, 0.3) is 0 Å². The first-order valence-electron chi connectivity index (χ1n) is 6.74. The predicted octanol–water partition coefficient (Wildman–Crippen LogP) is 2.28. The zero-order valence-electron chi connectivity index (χ0n) is 12.5. The van der Waals surface area contributed by atoms with Gasteiger partial charge in [-0.05, 0) is 26.2 Å². The minimum absolute atomic E-state index is 0.206. The number of hydrogen-bond acceptors (Lipinski definition) is 6. The molecular weight excluding hydrogens is 276 g/mol. The maximum absolute atomic E-state index is 11.5. The first-order chi connectivity index (χ1) is 9.88. The van der Waals surface area contributed by atoms with Gasteiger partial charge in [-0.1, -0.05) is 13.2 Å². The van der Waals surface area contributed by atoms with Crippen molar-refractivity contribution < 1.29 is 28.6 Å². The molecule has 0 aliphatic rings. The molecule has 0 aliphatic heterocycles. The van der Waals surface area contributed by atoms with Crippen LogP contribution in [0.15, 0.2) is 25.3 Å². The summed E-state index contributed by atoms with van der Waals surface area (Å²) in [5, 5.41) is 0. The lowest BCUT2D eigenvalue weighted by Crippen LogP contribution is -2.20. The summed E-state index contributed by atoms with van der Waals surface area (Å²) >= 11 is 0. The molecule has 0 amide bonds. The van der Waals surface area contributed by atoms with E-state index < -0.39 is 24.2 Å². The van der Waals surface area contributed by atoms with Crippen molar-refractivity contribution in [3.63, 3.8) is 0 Å². The Labute approximate surface area is 124 Å². The van der Waals surface area contributed by atoms with E-state index in [1.54, 1.807) is 6.92 Å². The fraction of sp³-hybridized carbons (Fsp3) is 0.533. The molecule has 0 N–H and O–H groups in total. The molecule has 2 atom stereocenters. The molecule has 0 bridgehead atoms. The molecule has 21 heavy (non-hydrogen) atoms. The number of unbranched alkanes of at least 4 members (excludes halogenated alkanes) is 1. The number of hydrogen-bond donors (Lipinski definition) is 0. The molecule has 0 aliphatic carbocycles. The van der Waals surface area contributed by atoms with E-state index in [4.69, 9.17) is 14.2 Å². The van der Waals surface area contributed by atoms with E-state index in [9.17, 15) is 14.4 Å². The molecule has 0 aromatic rings. The summed E-state index contributed by atoms with van der Waals surface area (Å²) in [6, 6.07) is 0. The number of carbonyl (C=O) groups excluding carboxylic acids is 3. The Morgan fingerprint density at radius 3 is 2.10 bits per heavy atom. The normalized spacial score (nSPS) is 12.7. The maximum Gasteiger partial charge on any atom is 0.333 e. The average molecular weight is 298 g/mol. The van der Waals surface area contributed by atoms with Gasteiger partial charge in [-0.3, -0.25) is 4.79 Å². The smallest absolute Gasteiger partial charge is 0.333 e. The van der Waals surface area contributed by atoms with Gasteiger partial charge in [-0.2, -0.15) is 0 Å². The Bertz CT molecular complexity index is 388. The van der Waals surface area contributed by atoms with Gasteiger partial charge in [0, 0.05) is 25.5 Å². The van der Waals surface area contributed by atoms with Crippen LogP contribution in [0.2, 0.25) is 0 Å². The van der Waals surface area contributed by atoms with Crippen LogP contribution in [0, 0.1) is 0 Å². The van der Waals surface area contributed by atoms with E-state index in [2.05, 4.69) is 13.2 Å². The third kappa shape index (κ3) is 10.4. The number of rotatable bonds is 10.